The zero-order valence-electron chi connectivity index (χ0n) is 7.75. The SMILES string of the molecule is CC#CCCSCCC(N)C(=O)O. The minimum atomic E-state index is -0.922. The van der Waals surface area contributed by atoms with E-state index in [1.54, 1.807) is 11.8 Å². The zero-order chi connectivity index (χ0) is 10.1. The van der Waals surface area contributed by atoms with Crippen molar-refractivity contribution < 1.29 is 9.90 Å². The Morgan fingerprint density at radius 2 is 2.31 bits per heavy atom. The van der Waals surface area contributed by atoms with E-state index in [4.69, 9.17) is 10.8 Å². The fourth-order valence-electron chi connectivity index (χ4n) is 0.684. The molecule has 0 aliphatic heterocycles. The molecule has 0 amide bonds. The molecule has 0 saturated heterocycles. The van der Waals surface area contributed by atoms with Crippen LogP contribution in [0.3, 0.4) is 0 Å². The van der Waals surface area contributed by atoms with Gasteiger partial charge in [0.15, 0.2) is 0 Å². The van der Waals surface area contributed by atoms with Gasteiger partial charge in [-0.05, 0) is 19.1 Å². The molecule has 1 atom stereocenters. The second-order valence-electron chi connectivity index (χ2n) is 2.52. The van der Waals surface area contributed by atoms with Crippen molar-refractivity contribution in [3.8, 4) is 11.8 Å². The lowest BCUT2D eigenvalue weighted by Crippen LogP contribution is -2.30. The molecule has 0 spiro atoms. The van der Waals surface area contributed by atoms with Gasteiger partial charge in [-0.15, -0.1) is 11.8 Å². The molecule has 13 heavy (non-hydrogen) atoms. The van der Waals surface area contributed by atoms with E-state index in [9.17, 15) is 4.79 Å². The number of nitrogens with two attached hydrogens (primary N) is 1. The highest BCUT2D eigenvalue weighted by Gasteiger charge is 2.09. The maximum absolute atomic E-state index is 10.3. The summed E-state index contributed by atoms with van der Waals surface area (Å²) in [6.45, 7) is 1.81. The molecule has 0 rings (SSSR count). The standard InChI is InChI=1S/C9H15NO2S/c1-2-3-4-6-13-7-5-8(10)9(11)12/h8H,4-7,10H2,1H3,(H,11,12). The van der Waals surface area contributed by atoms with Gasteiger partial charge in [-0.1, -0.05) is 0 Å². The van der Waals surface area contributed by atoms with Crippen LogP contribution in [0.1, 0.15) is 19.8 Å². The number of carboxylic acids is 1. The molecule has 74 valence electrons. The van der Waals surface area contributed by atoms with Crippen LogP contribution in [0.2, 0.25) is 0 Å². The molecule has 0 radical (unpaired) electrons. The predicted octanol–water partition coefficient (Wildman–Crippen LogP) is 0.935. The smallest absolute Gasteiger partial charge is 0.320 e. The third kappa shape index (κ3) is 7.69. The summed E-state index contributed by atoms with van der Waals surface area (Å²) in [5.41, 5.74) is 5.32. The van der Waals surface area contributed by atoms with Gasteiger partial charge in [0.2, 0.25) is 0 Å². The Kier molecular flexibility index (Phi) is 7.56. The van der Waals surface area contributed by atoms with Crippen LogP contribution in [0.5, 0.6) is 0 Å². The van der Waals surface area contributed by atoms with E-state index < -0.39 is 12.0 Å². The molecule has 1 unspecified atom stereocenters. The molecule has 0 aliphatic rings. The van der Waals surface area contributed by atoms with Crippen molar-refractivity contribution in [1.29, 1.82) is 0 Å². The zero-order valence-corrected chi connectivity index (χ0v) is 8.56. The van der Waals surface area contributed by atoms with E-state index in [0.717, 1.165) is 17.9 Å². The summed E-state index contributed by atoms with van der Waals surface area (Å²) < 4.78 is 0. The van der Waals surface area contributed by atoms with Crippen molar-refractivity contribution in [3.05, 3.63) is 0 Å². The van der Waals surface area contributed by atoms with E-state index in [-0.39, 0.29) is 0 Å². The maximum atomic E-state index is 10.3. The second kappa shape index (κ2) is 7.96. The predicted molar refractivity (Wildman–Crippen MR) is 55.6 cm³/mol. The highest BCUT2D eigenvalue weighted by atomic mass is 32.2. The lowest BCUT2D eigenvalue weighted by molar-refractivity contribution is -0.138. The minimum Gasteiger partial charge on any atom is -0.480 e. The number of carbonyl (C=O) groups is 1. The monoisotopic (exact) mass is 201 g/mol. The third-order valence-corrected chi connectivity index (χ3v) is 2.46. The van der Waals surface area contributed by atoms with Gasteiger partial charge >= 0.3 is 5.97 Å². The molecule has 3 nitrogen and oxygen atoms in total. The molecule has 0 saturated carbocycles. The van der Waals surface area contributed by atoms with Crippen LogP contribution in [0.15, 0.2) is 0 Å². The average molecular weight is 201 g/mol. The molecule has 0 fully saturated rings. The second-order valence-corrected chi connectivity index (χ2v) is 3.75. The first kappa shape index (κ1) is 12.3. The number of rotatable bonds is 6. The van der Waals surface area contributed by atoms with Crippen LogP contribution in [-0.2, 0) is 4.79 Å². The first-order chi connectivity index (χ1) is 6.18. The molecule has 0 aromatic carbocycles. The van der Waals surface area contributed by atoms with Gasteiger partial charge in [-0.25, -0.2) is 0 Å². The lowest BCUT2D eigenvalue weighted by Gasteiger charge is -2.04. The Morgan fingerprint density at radius 3 is 2.85 bits per heavy atom. The number of carboxylic acid groups (broad SMARTS) is 1. The van der Waals surface area contributed by atoms with Crippen LogP contribution < -0.4 is 5.73 Å². The topological polar surface area (TPSA) is 63.3 Å². The normalized spacial score (nSPS) is 11.5. The Morgan fingerprint density at radius 1 is 1.62 bits per heavy atom. The lowest BCUT2D eigenvalue weighted by atomic mass is 10.2. The number of thioether (sulfide) groups is 1. The quantitative estimate of drug-likeness (QED) is 0.496. The van der Waals surface area contributed by atoms with Crippen molar-refractivity contribution >= 4 is 17.7 Å². The number of hydrogen-bond donors (Lipinski definition) is 2. The molecule has 3 N–H and O–H groups in total. The van der Waals surface area contributed by atoms with E-state index in [0.29, 0.717) is 6.42 Å². The van der Waals surface area contributed by atoms with Crippen LogP contribution in [-0.4, -0.2) is 28.6 Å². The van der Waals surface area contributed by atoms with Crippen LogP contribution in [0.25, 0.3) is 0 Å². The Hall–Kier alpha value is -0.660. The van der Waals surface area contributed by atoms with E-state index in [1.165, 1.54) is 0 Å². The van der Waals surface area contributed by atoms with Gasteiger partial charge < -0.3 is 10.8 Å². The van der Waals surface area contributed by atoms with Gasteiger partial charge in [0.25, 0.3) is 0 Å². The molecule has 0 aliphatic carbocycles. The third-order valence-electron chi connectivity index (χ3n) is 1.44. The maximum Gasteiger partial charge on any atom is 0.320 e. The molecule has 0 heterocycles. The van der Waals surface area contributed by atoms with E-state index in [2.05, 4.69) is 11.8 Å². The molecule has 0 aromatic heterocycles. The first-order valence-electron chi connectivity index (χ1n) is 4.14. The number of aliphatic carboxylic acids is 1. The summed E-state index contributed by atoms with van der Waals surface area (Å²) >= 11 is 1.69. The summed E-state index contributed by atoms with van der Waals surface area (Å²) in [5.74, 6) is 6.56. The number of hydrogen-bond acceptors (Lipinski definition) is 3. The molecular formula is C9H15NO2S. The summed E-state index contributed by atoms with van der Waals surface area (Å²) in [6.07, 6.45) is 1.39. The molecule has 0 aromatic rings. The Balaban J connectivity index is 3.24. The highest BCUT2D eigenvalue weighted by molar-refractivity contribution is 7.99. The molecule has 4 heteroatoms. The highest BCUT2D eigenvalue weighted by Crippen LogP contribution is 2.05. The van der Waals surface area contributed by atoms with Gasteiger partial charge in [0.1, 0.15) is 6.04 Å². The van der Waals surface area contributed by atoms with Gasteiger partial charge in [-0.2, -0.15) is 11.8 Å². The van der Waals surface area contributed by atoms with Crippen molar-refractivity contribution in [2.75, 3.05) is 11.5 Å². The minimum absolute atomic E-state index is 0.527. The van der Waals surface area contributed by atoms with Gasteiger partial charge in [0, 0.05) is 12.2 Å². The van der Waals surface area contributed by atoms with Crippen molar-refractivity contribution in [3.63, 3.8) is 0 Å². The Labute approximate surface area is 83.1 Å². The van der Waals surface area contributed by atoms with Crippen LogP contribution >= 0.6 is 11.8 Å². The average Bonchev–Trinajstić information content (AvgIpc) is 2.10. The van der Waals surface area contributed by atoms with E-state index >= 15 is 0 Å². The summed E-state index contributed by atoms with van der Waals surface area (Å²) in [5, 5.41) is 8.47. The summed E-state index contributed by atoms with van der Waals surface area (Å²) in [6, 6.07) is -0.718. The van der Waals surface area contributed by atoms with Crippen LogP contribution in [0, 0.1) is 11.8 Å². The molecular weight excluding hydrogens is 186 g/mol. The first-order valence-corrected chi connectivity index (χ1v) is 5.29. The fourth-order valence-corrected chi connectivity index (χ4v) is 1.56. The molecule has 0 bridgehead atoms. The summed E-state index contributed by atoms with van der Waals surface area (Å²) in [7, 11) is 0. The largest absolute Gasteiger partial charge is 0.480 e. The van der Waals surface area contributed by atoms with Crippen molar-refractivity contribution in [1.82, 2.24) is 0 Å². The van der Waals surface area contributed by atoms with Gasteiger partial charge in [0.05, 0.1) is 0 Å². The fraction of sp³-hybridized carbons (Fsp3) is 0.667. The van der Waals surface area contributed by atoms with Crippen molar-refractivity contribution in [2.24, 2.45) is 5.73 Å². The van der Waals surface area contributed by atoms with E-state index in [1.807, 2.05) is 6.92 Å². The van der Waals surface area contributed by atoms with Crippen molar-refractivity contribution in [2.45, 2.75) is 25.8 Å². The van der Waals surface area contributed by atoms with Crippen LogP contribution in [0.4, 0.5) is 0 Å². The Bertz CT molecular complexity index is 207. The summed E-state index contributed by atoms with van der Waals surface area (Å²) in [4.78, 5) is 10.3. The van der Waals surface area contributed by atoms with Gasteiger partial charge in [-0.3, -0.25) is 4.79 Å².